The van der Waals surface area contributed by atoms with Crippen molar-refractivity contribution in [3.8, 4) is 28.8 Å². The van der Waals surface area contributed by atoms with Gasteiger partial charge in [-0.25, -0.2) is 14.8 Å². The summed E-state index contributed by atoms with van der Waals surface area (Å²) < 4.78 is 5.66. The van der Waals surface area contributed by atoms with Crippen LogP contribution >= 0.6 is 0 Å². The molecule has 236 valence electrons. The van der Waals surface area contributed by atoms with Crippen LogP contribution < -0.4 is 15.5 Å². The number of likely N-dealkylation sites (tertiary alicyclic amines) is 1. The Bertz CT molecular complexity index is 1580. The van der Waals surface area contributed by atoms with E-state index in [0.29, 0.717) is 29.4 Å². The van der Waals surface area contributed by atoms with Gasteiger partial charge < -0.3 is 25.4 Å². The number of aromatic nitrogens is 4. The second-order valence-electron chi connectivity index (χ2n) is 12.9. The Morgan fingerprint density at radius 1 is 1.04 bits per heavy atom. The molecule has 12 heteroatoms. The molecule has 0 aliphatic carbocycles. The number of piperazine rings is 1. The summed E-state index contributed by atoms with van der Waals surface area (Å²) in [5.41, 5.74) is 7.77. The standard InChI is InChI=1S/C33H41N9O3/c1-33(2,3)45-32(44)42-23-11-12-24(42)22-39(21-23)15-6-10-29-35-14-13-30(36-29)41-17-7-16-40(18-19-41)27-20-26(37-38-31(27)34)25-8-4-5-9-28(25)43/h4-5,8-9,13-14,20,23-24,43H,7,11-12,15-19,21-22H2,1-3H3,(H2,34,38). The molecular weight excluding hydrogens is 570 g/mol. The van der Waals surface area contributed by atoms with Gasteiger partial charge in [-0.2, -0.15) is 0 Å². The van der Waals surface area contributed by atoms with E-state index in [1.54, 1.807) is 18.3 Å². The predicted octanol–water partition coefficient (Wildman–Crippen LogP) is 3.37. The Balaban J connectivity index is 1.07. The first-order valence-corrected chi connectivity index (χ1v) is 15.6. The summed E-state index contributed by atoms with van der Waals surface area (Å²) in [5.74, 6) is 8.29. The van der Waals surface area contributed by atoms with Crippen molar-refractivity contribution in [2.24, 2.45) is 0 Å². The molecule has 2 atom stereocenters. The van der Waals surface area contributed by atoms with Crippen molar-refractivity contribution >= 4 is 23.4 Å². The van der Waals surface area contributed by atoms with Crippen molar-refractivity contribution in [1.82, 2.24) is 30.0 Å². The number of ether oxygens (including phenoxy) is 1. The van der Waals surface area contributed by atoms with Crippen LogP contribution in [0.2, 0.25) is 0 Å². The lowest BCUT2D eigenvalue weighted by molar-refractivity contribution is -0.00267. The van der Waals surface area contributed by atoms with Gasteiger partial charge in [0.1, 0.15) is 17.2 Å². The molecule has 2 unspecified atom stereocenters. The molecule has 0 saturated carbocycles. The largest absolute Gasteiger partial charge is 0.507 e. The Hall–Kier alpha value is -4.63. The first kappa shape index (κ1) is 30.4. The number of nitrogens with zero attached hydrogens (tertiary/aromatic N) is 8. The zero-order valence-electron chi connectivity index (χ0n) is 26.2. The number of phenolic OH excluding ortho intramolecular Hbond substituents is 1. The number of para-hydroxylation sites is 1. The van der Waals surface area contributed by atoms with E-state index >= 15 is 0 Å². The quantitative estimate of drug-likeness (QED) is 0.420. The lowest BCUT2D eigenvalue weighted by atomic mass is 10.1. The van der Waals surface area contributed by atoms with Crippen LogP contribution in [0.25, 0.3) is 11.3 Å². The van der Waals surface area contributed by atoms with E-state index in [1.807, 2.05) is 49.9 Å². The smallest absolute Gasteiger partial charge is 0.410 e. The van der Waals surface area contributed by atoms with Crippen LogP contribution in [0.1, 0.15) is 45.9 Å². The molecule has 3 fully saturated rings. The van der Waals surface area contributed by atoms with Gasteiger partial charge in [0.05, 0.1) is 17.9 Å². The highest BCUT2D eigenvalue weighted by Crippen LogP contribution is 2.33. The molecule has 2 aromatic heterocycles. The number of phenols is 1. The second-order valence-corrected chi connectivity index (χ2v) is 12.9. The molecule has 5 heterocycles. The summed E-state index contributed by atoms with van der Waals surface area (Å²) >= 11 is 0. The van der Waals surface area contributed by atoms with Crippen molar-refractivity contribution in [2.75, 3.05) is 61.3 Å². The minimum Gasteiger partial charge on any atom is -0.507 e. The fraction of sp³-hybridized carbons (Fsp3) is 0.485. The maximum atomic E-state index is 12.8. The number of nitrogen functional groups attached to an aromatic ring is 1. The monoisotopic (exact) mass is 611 g/mol. The topological polar surface area (TPSA) is 137 Å². The normalized spacial score (nSPS) is 20.4. The van der Waals surface area contributed by atoms with Crippen molar-refractivity contribution in [1.29, 1.82) is 0 Å². The number of amides is 1. The van der Waals surface area contributed by atoms with Gasteiger partial charge in [-0.15, -0.1) is 10.2 Å². The second kappa shape index (κ2) is 12.8. The number of benzene rings is 1. The average Bonchev–Trinajstić information content (AvgIpc) is 3.14. The number of fused-ring (bicyclic) bond motifs is 2. The summed E-state index contributed by atoms with van der Waals surface area (Å²) in [6.45, 7) is 11.0. The van der Waals surface area contributed by atoms with E-state index in [2.05, 4.69) is 41.7 Å². The molecule has 0 radical (unpaired) electrons. The number of carbonyl (C=O) groups excluding carboxylic acids is 1. The molecule has 3 saturated heterocycles. The van der Waals surface area contributed by atoms with Gasteiger partial charge in [0, 0.05) is 63.1 Å². The maximum absolute atomic E-state index is 12.8. The number of hydrogen-bond donors (Lipinski definition) is 2. The van der Waals surface area contributed by atoms with Crippen LogP contribution in [0.5, 0.6) is 5.75 Å². The molecule has 3 aliphatic heterocycles. The van der Waals surface area contributed by atoms with Crippen LogP contribution in [-0.4, -0.2) is 105 Å². The highest BCUT2D eigenvalue weighted by Gasteiger charge is 2.44. The van der Waals surface area contributed by atoms with Gasteiger partial charge in [-0.3, -0.25) is 9.80 Å². The van der Waals surface area contributed by atoms with E-state index in [1.165, 1.54) is 0 Å². The van der Waals surface area contributed by atoms with Gasteiger partial charge in [0.2, 0.25) is 5.82 Å². The Kier molecular flexibility index (Phi) is 8.63. The first-order valence-electron chi connectivity index (χ1n) is 15.6. The first-order chi connectivity index (χ1) is 21.6. The van der Waals surface area contributed by atoms with Gasteiger partial charge >= 0.3 is 6.09 Å². The summed E-state index contributed by atoms with van der Waals surface area (Å²) in [7, 11) is 0. The highest BCUT2D eigenvalue weighted by atomic mass is 16.6. The fourth-order valence-electron chi connectivity index (χ4n) is 6.40. The number of nitrogens with two attached hydrogens (primary N) is 1. The summed E-state index contributed by atoms with van der Waals surface area (Å²) in [6, 6.07) is 11.2. The molecule has 2 bridgehead atoms. The number of rotatable bonds is 4. The number of hydrogen-bond acceptors (Lipinski definition) is 11. The number of anilines is 3. The molecule has 1 amide bonds. The van der Waals surface area contributed by atoms with E-state index in [4.69, 9.17) is 15.5 Å². The third kappa shape index (κ3) is 7.04. The van der Waals surface area contributed by atoms with E-state index in [9.17, 15) is 9.90 Å². The molecule has 12 nitrogen and oxygen atoms in total. The lowest BCUT2D eigenvalue weighted by Crippen LogP contribution is -2.56. The van der Waals surface area contributed by atoms with E-state index in [-0.39, 0.29) is 23.9 Å². The molecular formula is C33H41N9O3. The zero-order chi connectivity index (χ0) is 31.6. The number of aromatic hydroxyl groups is 1. The Morgan fingerprint density at radius 2 is 1.78 bits per heavy atom. The molecule has 3 aliphatic rings. The van der Waals surface area contributed by atoms with Crippen molar-refractivity contribution < 1.29 is 14.6 Å². The van der Waals surface area contributed by atoms with Crippen molar-refractivity contribution in [3.05, 3.63) is 48.4 Å². The van der Waals surface area contributed by atoms with E-state index < -0.39 is 5.60 Å². The minimum atomic E-state index is -0.496. The molecule has 1 aromatic carbocycles. The van der Waals surface area contributed by atoms with Gasteiger partial charge in [-0.1, -0.05) is 18.1 Å². The maximum Gasteiger partial charge on any atom is 0.410 e. The SMILES string of the molecule is CC(C)(C)OC(=O)N1C2CCC1CN(CC#Cc1nccc(N3CCCN(c4cc(-c5ccccc5O)nnc4N)CC3)n1)C2. The summed E-state index contributed by atoms with van der Waals surface area (Å²) in [5, 5.41) is 18.7. The summed E-state index contributed by atoms with van der Waals surface area (Å²) in [4.78, 5) is 30.7. The molecule has 3 aromatic rings. The van der Waals surface area contributed by atoms with Crippen molar-refractivity contribution in [2.45, 2.75) is 57.7 Å². The van der Waals surface area contributed by atoms with Crippen LogP contribution in [0.3, 0.4) is 0 Å². The third-order valence-corrected chi connectivity index (χ3v) is 8.45. The van der Waals surface area contributed by atoms with Gasteiger partial charge in [-0.05, 0) is 70.2 Å². The Labute approximate surface area is 264 Å². The molecule has 6 rings (SSSR count). The van der Waals surface area contributed by atoms with E-state index in [0.717, 1.165) is 70.0 Å². The average molecular weight is 612 g/mol. The van der Waals surface area contributed by atoms with Crippen LogP contribution in [-0.2, 0) is 4.74 Å². The van der Waals surface area contributed by atoms with Gasteiger partial charge in [0.25, 0.3) is 0 Å². The Morgan fingerprint density at radius 3 is 2.53 bits per heavy atom. The third-order valence-electron chi connectivity index (χ3n) is 8.45. The summed E-state index contributed by atoms with van der Waals surface area (Å²) in [6.07, 6.45) is 4.44. The zero-order valence-corrected chi connectivity index (χ0v) is 26.2. The molecule has 3 N–H and O–H groups in total. The van der Waals surface area contributed by atoms with Gasteiger partial charge in [0.15, 0.2) is 5.82 Å². The predicted molar refractivity (Wildman–Crippen MR) is 173 cm³/mol. The molecule has 0 spiro atoms. The number of carbonyl (C=O) groups is 1. The van der Waals surface area contributed by atoms with Crippen molar-refractivity contribution in [3.63, 3.8) is 0 Å². The fourth-order valence-corrected chi connectivity index (χ4v) is 6.40. The highest BCUT2D eigenvalue weighted by molar-refractivity contribution is 5.74. The van der Waals surface area contributed by atoms with Crippen LogP contribution in [0.4, 0.5) is 22.1 Å². The molecule has 45 heavy (non-hydrogen) atoms. The minimum absolute atomic E-state index is 0.153. The lowest BCUT2D eigenvalue weighted by Gasteiger charge is -2.40. The van der Waals surface area contributed by atoms with Crippen LogP contribution in [0, 0.1) is 11.8 Å². The van der Waals surface area contributed by atoms with Crippen LogP contribution in [0.15, 0.2) is 42.6 Å².